The molecular weight excluding hydrogens is 186 g/mol. The van der Waals surface area contributed by atoms with Gasteiger partial charge in [-0.15, -0.1) is 11.3 Å². The lowest BCUT2D eigenvalue weighted by Crippen LogP contribution is -2.10. The van der Waals surface area contributed by atoms with Crippen LogP contribution < -0.4 is 5.73 Å². The molecule has 0 radical (unpaired) electrons. The molecule has 3 heteroatoms. The van der Waals surface area contributed by atoms with Crippen LogP contribution in [0.15, 0.2) is 11.4 Å². The topological polar surface area (TPSA) is 26.0 Å². The van der Waals surface area contributed by atoms with Gasteiger partial charge in [0.2, 0.25) is 0 Å². The van der Waals surface area contributed by atoms with Gasteiger partial charge in [-0.1, -0.05) is 0 Å². The molecule has 1 aromatic rings. The van der Waals surface area contributed by atoms with Crippen LogP contribution in [0.5, 0.6) is 0 Å². The lowest BCUT2D eigenvalue weighted by atomic mass is 10.1. The zero-order chi connectivity index (χ0) is 8.97. The highest BCUT2D eigenvalue weighted by Gasteiger charge is 2.08. The van der Waals surface area contributed by atoms with E-state index in [-0.39, 0.29) is 6.04 Å². The second-order valence-electron chi connectivity index (χ2n) is 2.86. The molecule has 1 aromatic heterocycles. The van der Waals surface area contributed by atoms with Crippen molar-refractivity contribution in [3.05, 3.63) is 21.9 Å². The predicted molar refractivity (Wildman–Crippen MR) is 59.0 cm³/mol. The van der Waals surface area contributed by atoms with Gasteiger partial charge in [-0.25, -0.2) is 0 Å². The summed E-state index contributed by atoms with van der Waals surface area (Å²) in [6.07, 6.45) is 3.20. The van der Waals surface area contributed by atoms with Gasteiger partial charge in [-0.2, -0.15) is 11.8 Å². The molecule has 1 atom stereocenters. The number of thiophene rings is 1. The monoisotopic (exact) mass is 201 g/mol. The first-order chi connectivity index (χ1) is 5.75. The van der Waals surface area contributed by atoms with Gasteiger partial charge in [0.1, 0.15) is 0 Å². The molecular formula is C9H15NS2. The van der Waals surface area contributed by atoms with E-state index in [0.717, 1.165) is 12.2 Å². The number of aryl methyl sites for hydroxylation is 1. The molecule has 0 saturated carbocycles. The molecule has 0 saturated heterocycles. The lowest BCUT2D eigenvalue weighted by Gasteiger charge is -2.09. The number of hydrogen-bond donors (Lipinski definition) is 1. The molecule has 68 valence electrons. The Morgan fingerprint density at radius 1 is 1.67 bits per heavy atom. The van der Waals surface area contributed by atoms with Crippen LogP contribution in [0, 0.1) is 6.92 Å². The van der Waals surface area contributed by atoms with Crippen LogP contribution in [0.1, 0.15) is 22.9 Å². The van der Waals surface area contributed by atoms with Gasteiger partial charge in [0.05, 0.1) is 0 Å². The van der Waals surface area contributed by atoms with Gasteiger partial charge in [-0.3, -0.25) is 0 Å². The van der Waals surface area contributed by atoms with E-state index in [4.69, 9.17) is 5.73 Å². The highest BCUT2D eigenvalue weighted by atomic mass is 32.2. The SMILES string of the molecule is CSCCC(N)c1sccc1C. The molecule has 1 rings (SSSR count). The number of nitrogens with two attached hydrogens (primary N) is 1. The fourth-order valence-corrected chi connectivity index (χ4v) is 2.60. The lowest BCUT2D eigenvalue weighted by molar-refractivity contribution is 0.715. The second kappa shape index (κ2) is 4.90. The van der Waals surface area contributed by atoms with Crippen molar-refractivity contribution >= 4 is 23.1 Å². The van der Waals surface area contributed by atoms with Gasteiger partial charge < -0.3 is 5.73 Å². The number of hydrogen-bond acceptors (Lipinski definition) is 3. The van der Waals surface area contributed by atoms with Crippen molar-refractivity contribution in [1.29, 1.82) is 0 Å². The molecule has 0 aliphatic carbocycles. The summed E-state index contributed by atoms with van der Waals surface area (Å²) in [7, 11) is 0. The molecule has 12 heavy (non-hydrogen) atoms. The van der Waals surface area contributed by atoms with E-state index in [2.05, 4.69) is 24.6 Å². The summed E-state index contributed by atoms with van der Waals surface area (Å²) in [6, 6.07) is 2.39. The predicted octanol–water partition coefficient (Wildman–Crippen LogP) is 2.81. The standard InChI is InChI=1S/C9H15NS2/c1-7-3-6-12-9(7)8(10)4-5-11-2/h3,6,8H,4-5,10H2,1-2H3. The number of thioether (sulfide) groups is 1. The average molecular weight is 201 g/mol. The largest absolute Gasteiger partial charge is 0.323 e. The minimum atomic E-state index is 0.248. The Balaban J connectivity index is 2.52. The van der Waals surface area contributed by atoms with E-state index in [1.807, 2.05) is 11.8 Å². The molecule has 0 aromatic carbocycles. The molecule has 0 spiro atoms. The summed E-state index contributed by atoms with van der Waals surface area (Å²) in [5.41, 5.74) is 7.36. The molecule has 1 heterocycles. The molecule has 2 N–H and O–H groups in total. The molecule has 0 aliphatic rings. The van der Waals surface area contributed by atoms with Crippen molar-refractivity contribution in [2.75, 3.05) is 12.0 Å². The first kappa shape index (κ1) is 10.1. The smallest absolute Gasteiger partial charge is 0.0400 e. The Labute approximate surface area is 82.4 Å². The highest BCUT2D eigenvalue weighted by Crippen LogP contribution is 2.24. The first-order valence-electron chi connectivity index (χ1n) is 4.04. The van der Waals surface area contributed by atoms with Gasteiger partial charge in [0.25, 0.3) is 0 Å². The minimum Gasteiger partial charge on any atom is -0.323 e. The van der Waals surface area contributed by atoms with Gasteiger partial charge in [0, 0.05) is 10.9 Å². The van der Waals surface area contributed by atoms with Crippen LogP contribution in [0.3, 0.4) is 0 Å². The maximum absolute atomic E-state index is 6.02. The zero-order valence-electron chi connectivity index (χ0n) is 7.54. The van der Waals surface area contributed by atoms with E-state index in [1.54, 1.807) is 11.3 Å². The Morgan fingerprint density at radius 2 is 2.42 bits per heavy atom. The van der Waals surface area contributed by atoms with Crippen molar-refractivity contribution in [3.8, 4) is 0 Å². The summed E-state index contributed by atoms with van der Waals surface area (Å²) in [5, 5.41) is 2.11. The normalized spacial score (nSPS) is 13.2. The van der Waals surface area contributed by atoms with Crippen molar-refractivity contribution in [2.24, 2.45) is 5.73 Å². The minimum absolute atomic E-state index is 0.248. The fourth-order valence-electron chi connectivity index (χ4n) is 1.14. The zero-order valence-corrected chi connectivity index (χ0v) is 9.17. The van der Waals surface area contributed by atoms with E-state index in [1.165, 1.54) is 10.4 Å². The van der Waals surface area contributed by atoms with E-state index >= 15 is 0 Å². The van der Waals surface area contributed by atoms with Gasteiger partial charge in [0.15, 0.2) is 0 Å². The first-order valence-corrected chi connectivity index (χ1v) is 6.31. The van der Waals surface area contributed by atoms with Crippen molar-refractivity contribution in [1.82, 2.24) is 0 Å². The summed E-state index contributed by atoms with van der Waals surface area (Å²) in [6.45, 7) is 2.13. The summed E-state index contributed by atoms with van der Waals surface area (Å²) >= 11 is 3.63. The summed E-state index contributed by atoms with van der Waals surface area (Å²) < 4.78 is 0. The maximum atomic E-state index is 6.02. The Kier molecular flexibility index (Phi) is 4.12. The van der Waals surface area contributed by atoms with E-state index in [0.29, 0.717) is 0 Å². The molecule has 0 aliphatic heterocycles. The third kappa shape index (κ3) is 2.51. The average Bonchev–Trinajstić information content (AvgIpc) is 2.47. The van der Waals surface area contributed by atoms with Gasteiger partial charge in [-0.05, 0) is 42.4 Å². The molecule has 1 unspecified atom stereocenters. The maximum Gasteiger partial charge on any atom is 0.0400 e. The Morgan fingerprint density at radius 3 is 2.92 bits per heavy atom. The molecule has 1 nitrogen and oxygen atoms in total. The number of rotatable bonds is 4. The van der Waals surface area contributed by atoms with Crippen LogP contribution in [0.2, 0.25) is 0 Å². The van der Waals surface area contributed by atoms with Crippen molar-refractivity contribution in [3.63, 3.8) is 0 Å². The second-order valence-corrected chi connectivity index (χ2v) is 4.79. The Hall–Kier alpha value is 0.0100. The molecule has 0 amide bonds. The molecule has 0 fully saturated rings. The highest BCUT2D eigenvalue weighted by molar-refractivity contribution is 7.98. The van der Waals surface area contributed by atoms with Crippen LogP contribution in [-0.2, 0) is 0 Å². The Bertz CT molecular complexity index is 232. The van der Waals surface area contributed by atoms with Crippen LogP contribution >= 0.6 is 23.1 Å². The van der Waals surface area contributed by atoms with Gasteiger partial charge >= 0.3 is 0 Å². The quantitative estimate of drug-likeness (QED) is 0.810. The summed E-state index contributed by atoms with van der Waals surface area (Å²) in [4.78, 5) is 1.35. The van der Waals surface area contributed by atoms with Crippen molar-refractivity contribution in [2.45, 2.75) is 19.4 Å². The third-order valence-corrected chi connectivity index (χ3v) is 3.67. The van der Waals surface area contributed by atoms with E-state index in [9.17, 15) is 0 Å². The van der Waals surface area contributed by atoms with E-state index < -0.39 is 0 Å². The fraction of sp³-hybridized carbons (Fsp3) is 0.556. The van der Waals surface area contributed by atoms with Crippen LogP contribution in [-0.4, -0.2) is 12.0 Å². The van der Waals surface area contributed by atoms with Crippen molar-refractivity contribution < 1.29 is 0 Å². The van der Waals surface area contributed by atoms with Crippen LogP contribution in [0.25, 0.3) is 0 Å². The molecule has 0 bridgehead atoms. The third-order valence-electron chi connectivity index (χ3n) is 1.87. The van der Waals surface area contributed by atoms with Crippen LogP contribution in [0.4, 0.5) is 0 Å². The summed E-state index contributed by atoms with van der Waals surface area (Å²) in [5.74, 6) is 1.15.